The first kappa shape index (κ1) is 14.9. The van der Waals surface area contributed by atoms with E-state index in [-0.39, 0.29) is 10.7 Å². The lowest BCUT2D eigenvalue weighted by Crippen LogP contribution is -2.27. The van der Waals surface area contributed by atoms with E-state index in [1.807, 2.05) is 14.1 Å². The molecule has 0 atom stereocenters. The number of nitrogen functional groups attached to an aromatic ring is 1. The molecule has 7 heteroatoms. The number of nitrogens with one attached hydrogen (secondary N) is 1. The van der Waals surface area contributed by atoms with Crippen molar-refractivity contribution in [3.63, 3.8) is 0 Å². The minimum atomic E-state index is -3.59. The Bertz CT molecular complexity index is 474. The molecule has 18 heavy (non-hydrogen) atoms. The number of aromatic nitrogens is 1. The predicted molar refractivity (Wildman–Crippen MR) is 71.6 cm³/mol. The predicted octanol–water partition coefficient (Wildman–Crippen LogP) is 0.284. The summed E-state index contributed by atoms with van der Waals surface area (Å²) in [5.74, 6) is 0. The molecule has 102 valence electrons. The summed E-state index contributed by atoms with van der Waals surface area (Å²) in [6.45, 7) is 1.33. The molecule has 1 aromatic heterocycles. The molecule has 0 saturated carbocycles. The molecule has 0 saturated heterocycles. The summed E-state index contributed by atoms with van der Waals surface area (Å²) in [6, 6.07) is 3.12. The van der Waals surface area contributed by atoms with Gasteiger partial charge in [-0.3, -0.25) is 0 Å². The second-order valence-electron chi connectivity index (χ2n) is 4.31. The van der Waals surface area contributed by atoms with Crippen LogP contribution in [-0.2, 0) is 10.0 Å². The van der Waals surface area contributed by atoms with Gasteiger partial charge in [0.05, 0.1) is 5.69 Å². The fourth-order valence-electron chi connectivity index (χ4n) is 1.46. The van der Waals surface area contributed by atoms with E-state index in [4.69, 9.17) is 5.73 Å². The van der Waals surface area contributed by atoms with Gasteiger partial charge in [-0.25, -0.2) is 18.1 Å². The largest absolute Gasteiger partial charge is 0.396 e. The molecule has 6 nitrogen and oxygen atoms in total. The zero-order valence-corrected chi connectivity index (χ0v) is 11.6. The van der Waals surface area contributed by atoms with Gasteiger partial charge in [0.15, 0.2) is 5.03 Å². The molecule has 3 N–H and O–H groups in total. The Kier molecular flexibility index (Phi) is 5.52. The number of nitrogens with two attached hydrogens (primary N) is 1. The minimum Gasteiger partial charge on any atom is -0.396 e. The fraction of sp³-hybridized carbons (Fsp3) is 0.545. The summed E-state index contributed by atoms with van der Waals surface area (Å²) < 4.78 is 26.3. The summed E-state index contributed by atoms with van der Waals surface area (Å²) in [7, 11) is 0.378. The van der Waals surface area contributed by atoms with Crippen LogP contribution in [0.15, 0.2) is 23.4 Å². The summed E-state index contributed by atoms with van der Waals surface area (Å²) in [6.07, 6.45) is 3.13. The quantitative estimate of drug-likeness (QED) is 0.696. The van der Waals surface area contributed by atoms with E-state index >= 15 is 0 Å². The number of sulfonamides is 1. The van der Waals surface area contributed by atoms with Gasteiger partial charge in [-0.15, -0.1) is 0 Å². The molecule has 1 aromatic rings. The first-order valence-electron chi connectivity index (χ1n) is 5.78. The van der Waals surface area contributed by atoms with Gasteiger partial charge in [0.2, 0.25) is 0 Å². The number of rotatable bonds is 7. The summed E-state index contributed by atoms with van der Waals surface area (Å²) >= 11 is 0. The zero-order valence-electron chi connectivity index (χ0n) is 10.8. The smallest absolute Gasteiger partial charge is 0.260 e. The Hall–Kier alpha value is -1.18. The molecule has 0 bridgehead atoms. The standard InChI is InChI=1S/C11H20N4O2S/c1-15(2)9-4-3-8-14-18(16,17)11-10(12)6-5-7-13-11/h5-7,14H,3-4,8-9,12H2,1-2H3. The SMILES string of the molecule is CN(C)CCCCNS(=O)(=O)c1ncccc1N. The normalized spacial score (nSPS) is 11.9. The number of hydrogen-bond donors (Lipinski definition) is 2. The molecule has 0 aliphatic rings. The van der Waals surface area contributed by atoms with E-state index in [2.05, 4.69) is 14.6 Å². The topological polar surface area (TPSA) is 88.3 Å². The molecule has 0 unspecified atom stereocenters. The van der Waals surface area contributed by atoms with Gasteiger partial charge in [0, 0.05) is 12.7 Å². The maximum atomic E-state index is 11.9. The number of unbranched alkanes of at least 4 members (excludes halogenated alkanes) is 1. The molecule has 0 amide bonds. The van der Waals surface area contributed by atoms with E-state index in [0.29, 0.717) is 6.54 Å². The maximum absolute atomic E-state index is 11.9. The van der Waals surface area contributed by atoms with Crippen LogP contribution < -0.4 is 10.5 Å². The van der Waals surface area contributed by atoms with Crippen molar-refractivity contribution in [2.45, 2.75) is 17.9 Å². The lowest BCUT2D eigenvalue weighted by atomic mass is 10.3. The number of nitrogens with zero attached hydrogens (tertiary/aromatic N) is 2. The van der Waals surface area contributed by atoms with E-state index < -0.39 is 10.0 Å². The van der Waals surface area contributed by atoms with Gasteiger partial charge in [0.25, 0.3) is 10.0 Å². The summed E-state index contributed by atoms with van der Waals surface area (Å²) in [4.78, 5) is 5.85. The van der Waals surface area contributed by atoms with Crippen LogP contribution in [0.2, 0.25) is 0 Å². The average molecular weight is 272 g/mol. The number of pyridine rings is 1. The van der Waals surface area contributed by atoms with Gasteiger partial charge >= 0.3 is 0 Å². The minimum absolute atomic E-state index is 0.0994. The highest BCUT2D eigenvalue weighted by Crippen LogP contribution is 2.13. The number of anilines is 1. The van der Waals surface area contributed by atoms with Gasteiger partial charge in [-0.1, -0.05) is 0 Å². The van der Waals surface area contributed by atoms with Crippen molar-refractivity contribution in [1.29, 1.82) is 0 Å². The Morgan fingerprint density at radius 3 is 2.72 bits per heavy atom. The molecule has 1 rings (SSSR count). The van der Waals surface area contributed by atoms with E-state index in [1.165, 1.54) is 12.3 Å². The van der Waals surface area contributed by atoms with Crippen molar-refractivity contribution < 1.29 is 8.42 Å². The van der Waals surface area contributed by atoms with Crippen molar-refractivity contribution in [2.75, 3.05) is 32.9 Å². The highest BCUT2D eigenvalue weighted by molar-refractivity contribution is 7.89. The van der Waals surface area contributed by atoms with E-state index in [9.17, 15) is 8.42 Å². The average Bonchev–Trinajstić information content (AvgIpc) is 2.28. The van der Waals surface area contributed by atoms with Crippen LogP contribution in [0.3, 0.4) is 0 Å². The highest BCUT2D eigenvalue weighted by Gasteiger charge is 2.17. The third-order valence-electron chi connectivity index (χ3n) is 2.38. The molecule has 0 aromatic carbocycles. The molecule has 1 heterocycles. The van der Waals surface area contributed by atoms with Crippen LogP contribution in [0, 0.1) is 0 Å². The first-order chi connectivity index (χ1) is 8.43. The van der Waals surface area contributed by atoms with Gasteiger partial charge in [0.1, 0.15) is 0 Å². The van der Waals surface area contributed by atoms with Crippen molar-refractivity contribution >= 4 is 15.7 Å². The maximum Gasteiger partial charge on any atom is 0.260 e. The van der Waals surface area contributed by atoms with Crippen LogP contribution in [-0.4, -0.2) is 45.5 Å². The molecule has 0 aliphatic carbocycles. The van der Waals surface area contributed by atoms with Crippen molar-refractivity contribution in [2.24, 2.45) is 0 Å². The van der Waals surface area contributed by atoms with Crippen LogP contribution in [0.5, 0.6) is 0 Å². The molecule has 0 spiro atoms. The lowest BCUT2D eigenvalue weighted by molar-refractivity contribution is 0.394. The van der Waals surface area contributed by atoms with Crippen LogP contribution in [0.1, 0.15) is 12.8 Å². The highest BCUT2D eigenvalue weighted by atomic mass is 32.2. The third-order valence-corrected chi connectivity index (χ3v) is 3.81. The summed E-state index contributed by atoms with van der Waals surface area (Å²) in [5, 5.41) is -0.0994. The molecular formula is C11H20N4O2S. The molecular weight excluding hydrogens is 252 g/mol. The Morgan fingerprint density at radius 1 is 1.39 bits per heavy atom. The van der Waals surface area contributed by atoms with E-state index in [0.717, 1.165) is 19.4 Å². The zero-order chi connectivity index (χ0) is 13.6. The van der Waals surface area contributed by atoms with E-state index in [1.54, 1.807) is 6.07 Å². The van der Waals surface area contributed by atoms with Gasteiger partial charge < -0.3 is 10.6 Å². The monoisotopic (exact) mass is 272 g/mol. The van der Waals surface area contributed by atoms with Gasteiger partial charge in [-0.05, 0) is 45.6 Å². The summed E-state index contributed by atoms with van der Waals surface area (Å²) in [5.41, 5.74) is 5.75. The van der Waals surface area contributed by atoms with Crippen LogP contribution in [0.25, 0.3) is 0 Å². The molecule has 0 aliphatic heterocycles. The van der Waals surface area contributed by atoms with Crippen LogP contribution in [0.4, 0.5) is 5.69 Å². The molecule has 0 fully saturated rings. The number of hydrogen-bond acceptors (Lipinski definition) is 5. The second-order valence-corrected chi connectivity index (χ2v) is 5.99. The fourth-order valence-corrected chi connectivity index (χ4v) is 2.58. The van der Waals surface area contributed by atoms with Gasteiger partial charge in [-0.2, -0.15) is 0 Å². The molecule has 0 radical (unpaired) electrons. The van der Waals surface area contributed by atoms with Crippen molar-refractivity contribution in [1.82, 2.24) is 14.6 Å². The Labute approximate surface area is 108 Å². The first-order valence-corrected chi connectivity index (χ1v) is 7.26. The second kappa shape index (κ2) is 6.67. The van der Waals surface area contributed by atoms with Crippen molar-refractivity contribution in [3.05, 3.63) is 18.3 Å². The lowest BCUT2D eigenvalue weighted by Gasteiger charge is -2.10. The Balaban J connectivity index is 2.49. The Morgan fingerprint density at radius 2 is 2.11 bits per heavy atom. The third kappa shape index (κ3) is 4.59. The van der Waals surface area contributed by atoms with Crippen LogP contribution >= 0.6 is 0 Å². The van der Waals surface area contributed by atoms with Crippen molar-refractivity contribution in [3.8, 4) is 0 Å².